The quantitative estimate of drug-likeness (QED) is 0.142. The molecular formula is C24H24F8O6. The molecule has 212 valence electrons. The molecule has 0 bridgehead atoms. The van der Waals surface area contributed by atoms with E-state index in [4.69, 9.17) is 0 Å². The molecule has 0 heterocycles. The van der Waals surface area contributed by atoms with Crippen molar-refractivity contribution in [2.45, 2.75) is 55.7 Å². The molecule has 0 spiro atoms. The van der Waals surface area contributed by atoms with E-state index < -0.39 is 113 Å². The Labute approximate surface area is 210 Å². The van der Waals surface area contributed by atoms with E-state index in [9.17, 15) is 65.8 Å². The zero-order valence-corrected chi connectivity index (χ0v) is 19.6. The van der Waals surface area contributed by atoms with Crippen LogP contribution >= 0.6 is 0 Å². The maximum atomic E-state index is 14.4. The average molecular weight is 560 g/mol. The average Bonchev–Trinajstić information content (AvgIpc) is 2.84. The van der Waals surface area contributed by atoms with Crippen LogP contribution in [-0.4, -0.2) is 66.8 Å². The molecule has 0 saturated heterocycles. The normalized spacial score (nSPS) is 17.4. The summed E-state index contributed by atoms with van der Waals surface area (Å²) < 4.78 is 113. The molecule has 6 nitrogen and oxygen atoms in total. The fraction of sp³-hybridized carbons (Fsp3) is 0.417. The second kappa shape index (κ2) is 11.6. The molecule has 0 saturated carbocycles. The first-order valence-corrected chi connectivity index (χ1v) is 10.8. The van der Waals surface area contributed by atoms with Gasteiger partial charge in [0.1, 0.15) is 29.5 Å². The number of halogens is 8. The van der Waals surface area contributed by atoms with Crippen LogP contribution in [0.4, 0.5) is 35.1 Å². The summed E-state index contributed by atoms with van der Waals surface area (Å²) in [6.07, 6.45) is -12.7. The number of hydrogen-bond donors (Lipinski definition) is 6. The first-order chi connectivity index (χ1) is 17.4. The van der Waals surface area contributed by atoms with Gasteiger partial charge < -0.3 is 30.6 Å². The molecule has 6 N–H and O–H groups in total. The number of rotatable bonds is 11. The largest absolute Gasteiger partial charge is 0.394 e. The van der Waals surface area contributed by atoms with Gasteiger partial charge in [-0.3, -0.25) is 0 Å². The molecule has 0 aliphatic rings. The molecule has 0 amide bonds. The van der Waals surface area contributed by atoms with Crippen molar-refractivity contribution in [2.75, 3.05) is 6.61 Å². The van der Waals surface area contributed by atoms with Crippen LogP contribution in [0, 0.1) is 46.5 Å². The molecule has 2 rings (SSSR count). The van der Waals surface area contributed by atoms with Crippen LogP contribution in [0.1, 0.15) is 24.5 Å². The predicted molar refractivity (Wildman–Crippen MR) is 114 cm³/mol. The first-order valence-electron chi connectivity index (χ1n) is 10.8. The van der Waals surface area contributed by atoms with Crippen LogP contribution in [0.15, 0.2) is 24.3 Å². The summed E-state index contributed by atoms with van der Waals surface area (Å²) in [4.78, 5) is 0. The SMILES string of the molecule is C=C(C)CC(O)(Cc1c(F)c(F)cc(F)c1F)[C@@H](O)[C@@](O)(Cc1c(F)c(F)cc(F)c1F)[C@H](O)[C@@H](O)CO. The smallest absolute Gasteiger partial charge is 0.165 e. The van der Waals surface area contributed by atoms with Gasteiger partial charge in [0, 0.05) is 36.1 Å². The maximum Gasteiger partial charge on any atom is 0.165 e. The van der Waals surface area contributed by atoms with Crippen molar-refractivity contribution in [1.82, 2.24) is 0 Å². The number of hydrogen-bond acceptors (Lipinski definition) is 6. The van der Waals surface area contributed by atoms with E-state index in [-0.39, 0.29) is 17.7 Å². The van der Waals surface area contributed by atoms with Gasteiger partial charge in [-0.2, -0.15) is 0 Å². The number of aliphatic hydroxyl groups excluding tert-OH is 4. The third-order valence-electron chi connectivity index (χ3n) is 6.00. The van der Waals surface area contributed by atoms with Crippen molar-refractivity contribution in [3.05, 3.63) is 81.9 Å². The van der Waals surface area contributed by atoms with E-state index in [1.54, 1.807) is 0 Å². The molecule has 0 aliphatic carbocycles. The lowest BCUT2D eigenvalue weighted by Gasteiger charge is -2.46. The minimum Gasteiger partial charge on any atom is -0.394 e. The Morgan fingerprint density at radius 2 is 1.13 bits per heavy atom. The lowest BCUT2D eigenvalue weighted by molar-refractivity contribution is -0.229. The lowest BCUT2D eigenvalue weighted by Crippen LogP contribution is -2.66. The highest BCUT2D eigenvalue weighted by atomic mass is 19.2. The van der Waals surface area contributed by atoms with Crippen LogP contribution < -0.4 is 0 Å². The molecule has 1 unspecified atom stereocenters. The molecule has 0 fully saturated rings. The molecule has 0 radical (unpaired) electrons. The van der Waals surface area contributed by atoms with Crippen molar-refractivity contribution in [2.24, 2.45) is 0 Å². The third-order valence-corrected chi connectivity index (χ3v) is 6.00. The van der Waals surface area contributed by atoms with Gasteiger partial charge in [0.2, 0.25) is 0 Å². The fourth-order valence-corrected chi connectivity index (χ4v) is 4.18. The van der Waals surface area contributed by atoms with Gasteiger partial charge in [-0.15, -0.1) is 6.58 Å². The Kier molecular flexibility index (Phi) is 9.67. The van der Waals surface area contributed by atoms with Gasteiger partial charge in [-0.05, 0) is 13.3 Å². The Balaban J connectivity index is 2.79. The first kappa shape index (κ1) is 31.6. The Bertz CT molecular complexity index is 1160. The molecule has 14 heteroatoms. The zero-order valence-electron chi connectivity index (χ0n) is 19.6. The minimum atomic E-state index is -3.65. The van der Waals surface area contributed by atoms with E-state index in [1.165, 1.54) is 6.92 Å². The van der Waals surface area contributed by atoms with Crippen molar-refractivity contribution >= 4 is 0 Å². The fourth-order valence-electron chi connectivity index (χ4n) is 4.18. The third kappa shape index (κ3) is 6.00. The molecule has 5 atom stereocenters. The van der Waals surface area contributed by atoms with E-state index in [0.29, 0.717) is 0 Å². The van der Waals surface area contributed by atoms with Crippen LogP contribution in [0.3, 0.4) is 0 Å². The van der Waals surface area contributed by atoms with E-state index in [1.807, 2.05) is 0 Å². The monoisotopic (exact) mass is 560 g/mol. The summed E-state index contributed by atoms with van der Waals surface area (Å²) >= 11 is 0. The standard InChI is InChI=1S/C24H24F8O6/c1-9(2)5-23(37,6-10-17(29)12(25)3-13(26)18(10)30)22(36)24(38,21(35)16(34)8-33)7-11-19(31)14(27)4-15(28)20(11)32/h3-4,16,21-22,33-38H,1,5-8H2,2H3/t16-,21+,22+,23?,24+/m0/s1. The summed E-state index contributed by atoms with van der Waals surface area (Å²) in [7, 11) is 0. The highest BCUT2D eigenvalue weighted by molar-refractivity contribution is 5.29. The van der Waals surface area contributed by atoms with Crippen molar-refractivity contribution in [1.29, 1.82) is 0 Å². The second-order valence-electron chi connectivity index (χ2n) is 9.07. The lowest BCUT2D eigenvalue weighted by atomic mass is 9.71. The molecular weight excluding hydrogens is 536 g/mol. The number of aliphatic hydroxyl groups is 6. The van der Waals surface area contributed by atoms with E-state index in [2.05, 4.69) is 6.58 Å². The Morgan fingerprint density at radius 3 is 1.47 bits per heavy atom. The van der Waals surface area contributed by atoms with E-state index >= 15 is 0 Å². The summed E-state index contributed by atoms with van der Waals surface area (Å²) in [6.45, 7) is 3.20. The number of benzene rings is 2. The van der Waals surface area contributed by atoms with Crippen LogP contribution in [0.25, 0.3) is 0 Å². The predicted octanol–water partition coefficient (Wildman–Crippen LogP) is 2.09. The topological polar surface area (TPSA) is 121 Å². The Hall–Kier alpha value is -2.62. The summed E-state index contributed by atoms with van der Waals surface area (Å²) in [5.74, 6) is -16.1. The van der Waals surface area contributed by atoms with Crippen molar-refractivity contribution < 1.29 is 65.8 Å². The highest BCUT2D eigenvalue weighted by Gasteiger charge is 2.55. The second-order valence-corrected chi connectivity index (χ2v) is 9.07. The summed E-state index contributed by atoms with van der Waals surface area (Å²) in [6, 6.07) is -0.367. The molecule has 38 heavy (non-hydrogen) atoms. The van der Waals surface area contributed by atoms with Crippen LogP contribution in [0.5, 0.6) is 0 Å². The zero-order chi connectivity index (χ0) is 29.3. The van der Waals surface area contributed by atoms with Crippen LogP contribution in [-0.2, 0) is 12.8 Å². The minimum absolute atomic E-state index is 0.113. The van der Waals surface area contributed by atoms with Gasteiger partial charge in [0.15, 0.2) is 46.5 Å². The van der Waals surface area contributed by atoms with Crippen LogP contribution in [0.2, 0.25) is 0 Å². The molecule has 0 aromatic heterocycles. The van der Waals surface area contributed by atoms with Crippen molar-refractivity contribution in [3.63, 3.8) is 0 Å². The summed E-state index contributed by atoms with van der Waals surface area (Å²) in [5, 5.41) is 63.2. The maximum absolute atomic E-state index is 14.4. The molecule has 0 aliphatic heterocycles. The van der Waals surface area contributed by atoms with E-state index in [0.717, 1.165) is 0 Å². The van der Waals surface area contributed by atoms with Gasteiger partial charge in [-0.25, -0.2) is 35.1 Å². The van der Waals surface area contributed by atoms with Gasteiger partial charge >= 0.3 is 0 Å². The Morgan fingerprint density at radius 1 is 0.763 bits per heavy atom. The van der Waals surface area contributed by atoms with Gasteiger partial charge in [-0.1, -0.05) is 5.57 Å². The van der Waals surface area contributed by atoms with Gasteiger partial charge in [0.05, 0.1) is 6.61 Å². The molecule has 2 aromatic carbocycles. The molecule has 2 aromatic rings. The van der Waals surface area contributed by atoms with Crippen molar-refractivity contribution in [3.8, 4) is 0 Å². The highest BCUT2D eigenvalue weighted by Crippen LogP contribution is 2.38. The summed E-state index contributed by atoms with van der Waals surface area (Å²) in [5.41, 5.74) is -10.1. The van der Waals surface area contributed by atoms with Gasteiger partial charge in [0.25, 0.3) is 0 Å².